The standard InChI is InChI=1S/C33H39N3O2/c37-33(34-32-24-36-18-14-27(32)15-19-36)28-12-7-13-30(22-28)38-29-16-20-35(21-17-29)23-31(25-8-3-1-4-9-25)26-10-5-2-6-11-26/h1-13,22,27,29,31-32H,14-21,23-24H2,(H,34,37). The van der Waals surface area contributed by atoms with Crippen molar-refractivity contribution in [3.8, 4) is 5.75 Å². The van der Waals surface area contributed by atoms with E-state index >= 15 is 0 Å². The monoisotopic (exact) mass is 509 g/mol. The first-order chi connectivity index (χ1) is 18.7. The SMILES string of the molecule is O=C(NC1CN2CCC1CC2)c1cccc(OC2CCN(CC(c3ccccc3)c3ccccc3)CC2)c1. The third-order valence-electron chi connectivity index (χ3n) is 8.75. The molecule has 4 aliphatic heterocycles. The first kappa shape index (κ1) is 25.1. The fraction of sp³-hybridized carbons (Fsp3) is 0.424. The highest BCUT2D eigenvalue weighted by Crippen LogP contribution is 2.29. The molecule has 1 N–H and O–H groups in total. The maximum absolute atomic E-state index is 13.0. The molecule has 4 saturated heterocycles. The number of piperidine rings is 4. The summed E-state index contributed by atoms with van der Waals surface area (Å²) < 4.78 is 6.39. The molecule has 1 atom stereocenters. The van der Waals surface area contributed by atoms with Gasteiger partial charge in [0.25, 0.3) is 5.91 Å². The van der Waals surface area contributed by atoms with Gasteiger partial charge in [-0.05, 0) is 74.0 Å². The van der Waals surface area contributed by atoms with Crippen molar-refractivity contribution < 1.29 is 9.53 Å². The minimum atomic E-state index is 0.0249. The molecular weight excluding hydrogens is 470 g/mol. The molecule has 5 nitrogen and oxygen atoms in total. The van der Waals surface area contributed by atoms with Crippen LogP contribution in [0.4, 0.5) is 0 Å². The predicted molar refractivity (Wildman–Crippen MR) is 152 cm³/mol. The maximum Gasteiger partial charge on any atom is 0.251 e. The second kappa shape index (κ2) is 11.7. The van der Waals surface area contributed by atoms with Gasteiger partial charge in [0.15, 0.2) is 0 Å². The third-order valence-corrected chi connectivity index (χ3v) is 8.75. The van der Waals surface area contributed by atoms with Gasteiger partial charge in [0.2, 0.25) is 0 Å². The van der Waals surface area contributed by atoms with Gasteiger partial charge in [-0.25, -0.2) is 0 Å². The lowest BCUT2D eigenvalue weighted by Gasteiger charge is -2.44. The van der Waals surface area contributed by atoms with Gasteiger partial charge >= 0.3 is 0 Å². The van der Waals surface area contributed by atoms with Gasteiger partial charge in [0.05, 0.1) is 0 Å². The highest BCUT2D eigenvalue weighted by molar-refractivity contribution is 5.94. The number of likely N-dealkylation sites (tertiary alicyclic amines) is 1. The summed E-state index contributed by atoms with van der Waals surface area (Å²) >= 11 is 0. The Morgan fingerprint density at radius 3 is 2.08 bits per heavy atom. The summed E-state index contributed by atoms with van der Waals surface area (Å²) in [7, 11) is 0. The average Bonchev–Trinajstić information content (AvgIpc) is 2.98. The maximum atomic E-state index is 13.0. The summed E-state index contributed by atoms with van der Waals surface area (Å²) in [6, 6.07) is 29.7. The number of amides is 1. The van der Waals surface area contributed by atoms with Crippen LogP contribution in [0.25, 0.3) is 0 Å². The Kier molecular flexibility index (Phi) is 7.75. The Bertz CT molecular complexity index is 1150. The topological polar surface area (TPSA) is 44.8 Å². The van der Waals surface area contributed by atoms with Crippen molar-refractivity contribution in [1.29, 1.82) is 0 Å². The zero-order valence-electron chi connectivity index (χ0n) is 22.2. The lowest BCUT2D eigenvalue weighted by atomic mass is 9.84. The molecule has 3 aromatic carbocycles. The molecule has 4 aliphatic rings. The Morgan fingerprint density at radius 2 is 1.47 bits per heavy atom. The Labute approximate surface area is 226 Å². The number of fused-ring (bicyclic) bond motifs is 3. The number of nitrogens with one attached hydrogen (secondary N) is 1. The van der Waals surface area contributed by atoms with Crippen LogP contribution in [0.2, 0.25) is 0 Å². The zero-order valence-corrected chi connectivity index (χ0v) is 22.2. The number of nitrogens with zero attached hydrogens (tertiary/aromatic N) is 2. The van der Waals surface area contributed by atoms with Crippen LogP contribution >= 0.6 is 0 Å². The molecule has 0 radical (unpaired) electrons. The molecule has 0 aromatic heterocycles. The zero-order chi connectivity index (χ0) is 25.7. The minimum absolute atomic E-state index is 0.0249. The molecule has 1 unspecified atom stereocenters. The van der Waals surface area contributed by atoms with E-state index in [4.69, 9.17) is 4.74 Å². The molecule has 38 heavy (non-hydrogen) atoms. The number of benzene rings is 3. The van der Waals surface area contributed by atoms with Crippen molar-refractivity contribution in [3.05, 3.63) is 102 Å². The van der Waals surface area contributed by atoms with E-state index in [0.29, 0.717) is 17.4 Å². The van der Waals surface area contributed by atoms with E-state index in [1.165, 1.54) is 37.1 Å². The molecule has 1 amide bonds. The molecule has 4 fully saturated rings. The first-order valence-electron chi connectivity index (χ1n) is 14.3. The Hall–Kier alpha value is -3.15. The lowest BCUT2D eigenvalue weighted by Crippen LogP contribution is -2.57. The molecule has 5 heteroatoms. The van der Waals surface area contributed by atoms with Crippen LogP contribution in [0.15, 0.2) is 84.9 Å². The summed E-state index contributed by atoms with van der Waals surface area (Å²) in [5.41, 5.74) is 3.43. The summed E-state index contributed by atoms with van der Waals surface area (Å²) in [6.45, 7) is 6.38. The van der Waals surface area contributed by atoms with Gasteiger partial charge in [-0.3, -0.25) is 4.79 Å². The van der Waals surface area contributed by atoms with E-state index < -0.39 is 0 Å². The second-order valence-corrected chi connectivity index (χ2v) is 11.2. The van der Waals surface area contributed by atoms with Gasteiger partial charge in [0, 0.05) is 43.7 Å². The van der Waals surface area contributed by atoms with Crippen molar-refractivity contribution in [2.45, 2.75) is 43.7 Å². The van der Waals surface area contributed by atoms with Crippen LogP contribution in [0.5, 0.6) is 5.75 Å². The number of carbonyl (C=O) groups is 1. The molecule has 198 valence electrons. The van der Waals surface area contributed by atoms with E-state index in [0.717, 1.165) is 44.8 Å². The summed E-state index contributed by atoms with van der Waals surface area (Å²) in [5.74, 6) is 1.81. The molecule has 4 heterocycles. The largest absolute Gasteiger partial charge is 0.490 e. The van der Waals surface area contributed by atoms with Gasteiger partial charge in [-0.1, -0.05) is 66.7 Å². The van der Waals surface area contributed by atoms with Crippen LogP contribution < -0.4 is 10.1 Å². The molecule has 0 aliphatic carbocycles. The molecule has 0 spiro atoms. The van der Waals surface area contributed by atoms with Gasteiger partial charge < -0.3 is 19.9 Å². The van der Waals surface area contributed by atoms with Gasteiger partial charge in [0.1, 0.15) is 11.9 Å². The van der Waals surface area contributed by atoms with Crippen molar-refractivity contribution in [1.82, 2.24) is 15.1 Å². The van der Waals surface area contributed by atoms with Crippen LogP contribution in [-0.2, 0) is 0 Å². The minimum Gasteiger partial charge on any atom is -0.490 e. The highest BCUT2D eigenvalue weighted by Gasteiger charge is 2.35. The normalized spacial score (nSPS) is 23.9. The van der Waals surface area contributed by atoms with Crippen molar-refractivity contribution >= 4 is 5.91 Å². The third kappa shape index (κ3) is 5.95. The predicted octanol–water partition coefficient (Wildman–Crippen LogP) is 5.19. The van der Waals surface area contributed by atoms with Gasteiger partial charge in [-0.2, -0.15) is 0 Å². The van der Waals surface area contributed by atoms with Crippen LogP contribution in [0, 0.1) is 5.92 Å². The first-order valence-corrected chi connectivity index (χ1v) is 14.3. The van der Waals surface area contributed by atoms with E-state index in [2.05, 4.69) is 75.8 Å². The van der Waals surface area contributed by atoms with Crippen molar-refractivity contribution in [2.24, 2.45) is 5.92 Å². The number of hydrogen-bond donors (Lipinski definition) is 1. The summed E-state index contributed by atoms with van der Waals surface area (Å²) in [4.78, 5) is 18.1. The number of ether oxygens (including phenoxy) is 1. The lowest BCUT2D eigenvalue weighted by molar-refractivity contribution is 0.0619. The number of rotatable bonds is 8. The summed E-state index contributed by atoms with van der Waals surface area (Å²) in [6.07, 6.45) is 4.56. The van der Waals surface area contributed by atoms with E-state index in [-0.39, 0.29) is 18.1 Å². The van der Waals surface area contributed by atoms with Crippen LogP contribution in [-0.4, -0.2) is 67.1 Å². The fourth-order valence-electron chi connectivity index (χ4n) is 6.53. The van der Waals surface area contributed by atoms with E-state index in [9.17, 15) is 4.79 Å². The molecular formula is C33H39N3O2. The molecule has 0 saturated carbocycles. The van der Waals surface area contributed by atoms with Crippen LogP contribution in [0.3, 0.4) is 0 Å². The van der Waals surface area contributed by atoms with Gasteiger partial charge in [-0.15, -0.1) is 0 Å². The second-order valence-electron chi connectivity index (χ2n) is 11.2. The summed E-state index contributed by atoms with van der Waals surface area (Å²) in [5, 5.41) is 3.31. The average molecular weight is 510 g/mol. The van der Waals surface area contributed by atoms with E-state index in [1.807, 2.05) is 24.3 Å². The quantitative estimate of drug-likeness (QED) is 0.454. The fourth-order valence-corrected chi connectivity index (χ4v) is 6.53. The van der Waals surface area contributed by atoms with E-state index in [1.54, 1.807) is 0 Å². The molecule has 3 aromatic rings. The highest BCUT2D eigenvalue weighted by atomic mass is 16.5. The van der Waals surface area contributed by atoms with Crippen LogP contribution in [0.1, 0.15) is 53.1 Å². The molecule has 7 rings (SSSR count). The number of hydrogen-bond acceptors (Lipinski definition) is 4. The molecule has 2 bridgehead atoms. The van der Waals surface area contributed by atoms with Crippen molar-refractivity contribution in [3.63, 3.8) is 0 Å². The number of carbonyl (C=O) groups excluding carboxylic acids is 1. The van der Waals surface area contributed by atoms with Crippen molar-refractivity contribution in [2.75, 3.05) is 39.3 Å². The Balaban J connectivity index is 1.03. The Morgan fingerprint density at radius 1 is 0.816 bits per heavy atom. The smallest absolute Gasteiger partial charge is 0.251 e.